The summed E-state index contributed by atoms with van der Waals surface area (Å²) in [6.07, 6.45) is -2.37. The maximum atomic E-state index is 12.4. The summed E-state index contributed by atoms with van der Waals surface area (Å²) in [6, 6.07) is 3.09. The van der Waals surface area contributed by atoms with E-state index in [2.05, 4.69) is 15.3 Å². The van der Waals surface area contributed by atoms with E-state index in [1.807, 2.05) is 0 Å². The van der Waals surface area contributed by atoms with Crippen molar-refractivity contribution < 1.29 is 23.1 Å². The molecule has 6 nitrogen and oxygen atoms in total. The van der Waals surface area contributed by atoms with Crippen LogP contribution in [0.3, 0.4) is 0 Å². The number of pyridine rings is 2. The number of hydrogen-bond acceptors (Lipinski definition) is 5. The molecule has 0 spiro atoms. The third-order valence-electron chi connectivity index (χ3n) is 2.46. The zero-order valence-corrected chi connectivity index (χ0v) is 10.3. The number of rotatable bonds is 3. The van der Waals surface area contributed by atoms with E-state index in [-0.39, 0.29) is 22.8 Å². The number of carbonyl (C=O) groups is 1. The fourth-order valence-corrected chi connectivity index (χ4v) is 1.52. The summed E-state index contributed by atoms with van der Waals surface area (Å²) in [5.74, 6) is -1.31. The summed E-state index contributed by atoms with van der Waals surface area (Å²) in [5, 5.41) is 11.6. The van der Waals surface area contributed by atoms with Gasteiger partial charge in [-0.3, -0.25) is 0 Å². The van der Waals surface area contributed by atoms with Crippen molar-refractivity contribution in [1.29, 1.82) is 0 Å². The highest BCUT2D eigenvalue weighted by Crippen LogP contribution is 2.28. The van der Waals surface area contributed by atoms with Crippen LogP contribution in [0.15, 0.2) is 30.6 Å². The molecule has 0 aliphatic heterocycles. The molecule has 110 valence electrons. The van der Waals surface area contributed by atoms with Crippen molar-refractivity contribution in [2.75, 3.05) is 11.1 Å². The predicted molar refractivity (Wildman–Crippen MR) is 68.1 cm³/mol. The van der Waals surface area contributed by atoms with Crippen molar-refractivity contribution >= 4 is 23.2 Å². The van der Waals surface area contributed by atoms with Crippen LogP contribution in [0.2, 0.25) is 0 Å². The molecule has 0 fully saturated rings. The number of aromatic nitrogens is 2. The molecular formula is C12H9F3N4O2. The van der Waals surface area contributed by atoms with Crippen molar-refractivity contribution in [3.8, 4) is 0 Å². The molecule has 0 amide bonds. The first-order valence-electron chi connectivity index (χ1n) is 5.56. The molecule has 0 radical (unpaired) electrons. The van der Waals surface area contributed by atoms with Gasteiger partial charge in [-0.05, 0) is 18.2 Å². The number of carboxylic acids is 1. The van der Waals surface area contributed by atoms with E-state index in [4.69, 9.17) is 10.8 Å². The van der Waals surface area contributed by atoms with Gasteiger partial charge in [0.15, 0.2) is 0 Å². The lowest BCUT2D eigenvalue weighted by molar-refractivity contribution is -0.141. The summed E-state index contributed by atoms with van der Waals surface area (Å²) in [4.78, 5) is 18.1. The lowest BCUT2D eigenvalue weighted by Crippen LogP contribution is -2.09. The molecule has 0 saturated heterocycles. The minimum absolute atomic E-state index is 0.0433. The number of nitrogens with zero attached hydrogens (tertiary/aromatic N) is 2. The summed E-state index contributed by atoms with van der Waals surface area (Å²) in [7, 11) is 0. The fraction of sp³-hybridized carbons (Fsp3) is 0.0833. The van der Waals surface area contributed by atoms with Gasteiger partial charge in [-0.1, -0.05) is 0 Å². The first-order chi connectivity index (χ1) is 9.77. The van der Waals surface area contributed by atoms with E-state index in [0.29, 0.717) is 0 Å². The highest BCUT2D eigenvalue weighted by molar-refractivity contribution is 5.94. The quantitative estimate of drug-likeness (QED) is 0.805. The van der Waals surface area contributed by atoms with Crippen LogP contribution in [0, 0.1) is 0 Å². The van der Waals surface area contributed by atoms with Crippen molar-refractivity contribution in [1.82, 2.24) is 9.97 Å². The van der Waals surface area contributed by atoms with E-state index < -0.39 is 17.8 Å². The Bertz CT molecular complexity index is 671. The molecule has 4 N–H and O–H groups in total. The van der Waals surface area contributed by atoms with Crippen LogP contribution in [0.4, 0.5) is 30.4 Å². The molecule has 2 rings (SSSR count). The first kappa shape index (κ1) is 14.6. The van der Waals surface area contributed by atoms with E-state index in [9.17, 15) is 18.0 Å². The highest BCUT2D eigenvalue weighted by atomic mass is 19.4. The summed E-state index contributed by atoms with van der Waals surface area (Å²) >= 11 is 0. The monoisotopic (exact) mass is 298 g/mol. The number of hydrogen-bond donors (Lipinski definition) is 3. The van der Waals surface area contributed by atoms with Crippen LogP contribution >= 0.6 is 0 Å². The molecular weight excluding hydrogens is 289 g/mol. The molecule has 0 aromatic carbocycles. The number of alkyl halides is 3. The largest absolute Gasteiger partial charge is 0.478 e. The number of carboxylic acid groups (broad SMARTS) is 1. The van der Waals surface area contributed by atoms with Crippen LogP contribution < -0.4 is 11.1 Å². The second-order valence-corrected chi connectivity index (χ2v) is 4.02. The lowest BCUT2D eigenvalue weighted by atomic mass is 10.2. The van der Waals surface area contributed by atoms with Crippen molar-refractivity contribution in [2.24, 2.45) is 0 Å². The molecule has 0 unspecified atom stereocenters. The zero-order valence-electron chi connectivity index (χ0n) is 10.3. The van der Waals surface area contributed by atoms with Gasteiger partial charge >= 0.3 is 12.1 Å². The smallest absolute Gasteiger partial charge is 0.433 e. The molecule has 0 bridgehead atoms. The van der Waals surface area contributed by atoms with E-state index in [1.54, 1.807) is 0 Å². The molecule has 0 aliphatic carbocycles. The number of nitrogens with one attached hydrogen (secondary N) is 1. The normalized spacial score (nSPS) is 11.2. The molecule has 2 aromatic rings. The maximum absolute atomic E-state index is 12.4. The highest BCUT2D eigenvalue weighted by Gasteiger charge is 2.32. The van der Waals surface area contributed by atoms with Crippen molar-refractivity contribution in [2.45, 2.75) is 6.18 Å². The van der Waals surface area contributed by atoms with Crippen LogP contribution in [-0.2, 0) is 6.18 Å². The minimum Gasteiger partial charge on any atom is -0.478 e. The topological polar surface area (TPSA) is 101 Å². The second kappa shape index (κ2) is 5.27. The Morgan fingerprint density at radius 2 is 1.95 bits per heavy atom. The van der Waals surface area contributed by atoms with Crippen molar-refractivity contribution in [3.63, 3.8) is 0 Å². The van der Waals surface area contributed by atoms with Crippen LogP contribution in [0.1, 0.15) is 16.1 Å². The summed E-state index contributed by atoms with van der Waals surface area (Å²) in [6.45, 7) is 0. The first-order valence-corrected chi connectivity index (χ1v) is 5.56. The Labute approximate surface area is 116 Å². The Hall–Kier alpha value is -2.84. The third kappa shape index (κ3) is 3.38. The second-order valence-electron chi connectivity index (χ2n) is 4.02. The van der Waals surface area contributed by atoms with Gasteiger partial charge in [-0.2, -0.15) is 13.2 Å². The van der Waals surface area contributed by atoms with Crippen LogP contribution in [0.5, 0.6) is 0 Å². The van der Waals surface area contributed by atoms with Gasteiger partial charge in [0.25, 0.3) is 0 Å². The fourth-order valence-electron chi connectivity index (χ4n) is 1.52. The molecule has 0 saturated carbocycles. The van der Waals surface area contributed by atoms with Crippen LogP contribution in [0.25, 0.3) is 0 Å². The van der Waals surface area contributed by atoms with Gasteiger partial charge in [0.1, 0.15) is 17.1 Å². The Morgan fingerprint density at radius 3 is 2.48 bits per heavy atom. The van der Waals surface area contributed by atoms with Gasteiger partial charge in [0.2, 0.25) is 0 Å². The zero-order chi connectivity index (χ0) is 15.6. The summed E-state index contributed by atoms with van der Waals surface area (Å²) in [5.41, 5.74) is 4.52. The number of halogens is 3. The van der Waals surface area contributed by atoms with Gasteiger partial charge in [-0.25, -0.2) is 14.8 Å². The molecule has 9 heteroatoms. The van der Waals surface area contributed by atoms with Gasteiger partial charge in [-0.15, -0.1) is 0 Å². The molecule has 0 aliphatic rings. The van der Waals surface area contributed by atoms with Crippen molar-refractivity contribution in [3.05, 3.63) is 41.9 Å². The number of nitrogens with two attached hydrogens (primary N) is 1. The van der Waals surface area contributed by atoms with Crippen LogP contribution in [-0.4, -0.2) is 21.0 Å². The Kier molecular flexibility index (Phi) is 3.66. The lowest BCUT2D eigenvalue weighted by Gasteiger charge is -2.10. The number of aromatic carboxylic acids is 1. The van der Waals surface area contributed by atoms with E-state index in [0.717, 1.165) is 18.3 Å². The maximum Gasteiger partial charge on any atom is 0.433 e. The van der Waals surface area contributed by atoms with E-state index >= 15 is 0 Å². The average Bonchev–Trinajstić information content (AvgIpc) is 2.40. The number of nitrogen functional groups attached to an aromatic ring is 1. The average molecular weight is 298 g/mol. The summed E-state index contributed by atoms with van der Waals surface area (Å²) < 4.78 is 37.1. The SMILES string of the molecule is Nc1cnc(Nc2ccc(C(F)(F)F)nc2)c(C(=O)O)c1. The Morgan fingerprint density at radius 1 is 1.24 bits per heavy atom. The van der Waals surface area contributed by atoms with Gasteiger partial charge < -0.3 is 16.2 Å². The van der Waals surface area contributed by atoms with E-state index in [1.165, 1.54) is 12.3 Å². The third-order valence-corrected chi connectivity index (χ3v) is 2.46. The Balaban J connectivity index is 2.28. The molecule has 0 atom stereocenters. The molecule has 2 heterocycles. The standard InChI is InChI=1S/C12H9F3N4O2/c13-12(14,15)9-2-1-7(5-17-9)19-10-8(11(20)21)3-6(16)4-18-10/h1-5H,16H2,(H,18,19)(H,20,21). The minimum atomic E-state index is -4.54. The van der Waals surface area contributed by atoms with Gasteiger partial charge in [0.05, 0.1) is 23.8 Å². The molecule has 21 heavy (non-hydrogen) atoms. The number of anilines is 3. The predicted octanol–water partition coefficient (Wildman–Crippen LogP) is 2.52. The van der Waals surface area contributed by atoms with Gasteiger partial charge in [0, 0.05) is 0 Å². The molecule has 2 aromatic heterocycles.